The molecule has 2 amide bonds. The van der Waals surface area contributed by atoms with Crippen LogP contribution in [0.3, 0.4) is 0 Å². The van der Waals surface area contributed by atoms with Gasteiger partial charge in [-0.1, -0.05) is 47.7 Å². The average molecular weight is 354 g/mol. The maximum Gasteiger partial charge on any atom is 0.240 e. The fraction of sp³-hybridized carbons (Fsp3) is 0.167. The Bertz CT molecular complexity index is 790. The van der Waals surface area contributed by atoms with E-state index in [0.29, 0.717) is 5.17 Å². The van der Waals surface area contributed by atoms with Gasteiger partial charge in [-0.25, -0.2) is 0 Å². The van der Waals surface area contributed by atoms with Gasteiger partial charge in [0.1, 0.15) is 5.25 Å². The molecule has 1 unspecified atom stereocenters. The number of rotatable bonds is 5. The summed E-state index contributed by atoms with van der Waals surface area (Å²) in [6.45, 7) is 1.98. The van der Waals surface area contributed by atoms with E-state index in [1.807, 2.05) is 61.5 Å². The van der Waals surface area contributed by atoms with Crippen LogP contribution in [0.4, 0.5) is 11.4 Å². The number of amides is 2. The lowest BCUT2D eigenvalue weighted by atomic mass is 10.2. The Hall–Kier alpha value is -2.80. The van der Waals surface area contributed by atoms with Gasteiger partial charge >= 0.3 is 0 Å². The Morgan fingerprint density at radius 1 is 1.12 bits per heavy atom. The zero-order valence-corrected chi connectivity index (χ0v) is 14.5. The lowest BCUT2D eigenvalue weighted by molar-refractivity contribution is -0.122. The van der Waals surface area contributed by atoms with Crippen LogP contribution < -0.4 is 16.1 Å². The van der Waals surface area contributed by atoms with Crippen molar-refractivity contribution in [2.75, 3.05) is 10.7 Å². The number of hydrazone groups is 1. The highest BCUT2D eigenvalue weighted by Gasteiger charge is 2.32. The zero-order valence-electron chi connectivity index (χ0n) is 13.7. The molecule has 6 nitrogen and oxygen atoms in total. The highest BCUT2D eigenvalue weighted by atomic mass is 32.2. The highest BCUT2D eigenvalue weighted by molar-refractivity contribution is 8.15. The molecule has 128 valence electrons. The van der Waals surface area contributed by atoms with Gasteiger partial charge < -0.3 is 10.6 Å². The second-order valence-electron chi connectivity index (χ2n) is 5.61. The van der Waals surface area contributed by atoms with E-state index in [1.165, 1.54) is 11.8 Å². The van der Waals surface area contributed by atoms with E-state index in [1.54, 1.807) is 0 Å². The van der Waals surface area contributed by atoms with Crippen molar-refractivity contribution in [2.45, 2.75) is 18.6 Å². The average Bonchev–Trinajstić information content (AvgIpc) is 2.96. The molecule has 7 heteroatoms. The Kier molecular flexibility index (Phi) is 5.35. The topological polar surface area (TPSA) is 82.6 Å². The second-order valence-corrected chi connectivity index (χ2v) is 6.80. The summed E-state index contributed by atoms with van der Waals surface area (Å²) in [5, 5.41) is 9.62. The van der Waals surface area contributed by atoms with E-state index in [9.17, 15) is 9.59 Å². The van der Waals surface area contributed by atoms with Gasteiger partial charge in [0.15, 0.2) is 5.17 Å². The molecule has 1 aliphatic heterocycles. The van der Waals surface area contributed by atoms with Crippen molar-refractivity contribution in [3.8, 4) is 0 Å². The Morgan fingerprint density at radius 3 is 2.56 bits per heavy atom. The van der Waals surface area contributed by atoms with Crippen LogP contribution in [0, 0.1) is 6.92 Å². The minimum Gasteiger partial charge on any atom is -0.326 e. The first-order valence-corrected chi connectivity index (χ1v) is 8.71. The van der Waals surface area contributed by atoms with Crippen molar-refractivity contribution < 1.29 is 9.59 Å². The number of anilines is 2. The minimum absolute atomic E-state index is 0.0920. The molecular weight excluding hydrogens is 336 g/mol. The van der Waals surface area contributed by atoms with Gasteiger partial charge in [0.05, 0.1) is 5.69 Å². The summed E-state index contributed by atoms with van der Waals surface area (Å²) in [4.78, 5) is 24.1. The summed E-state index contributed by atoms with van der Waals surface area (Å²) < 4.78 is 0. The number of hydrogen-bond donors (Lipinski definition) is 3. The normalized spacial score (nSPS) is 18.0. The van der Waals surface area contributed by atoms with Gasteiger partial charge in [0.2, 0.25) is 11.8 Å². The smallest absolute Gasteiger partial charge is 0.240 e. The minimum atomic E-state index is -0.484. The first kappa shape index (κ1) is 17.0. The summed E-state index contributed by atoms with van der Waals surface area (Å²) in [5.74, 6) is -0.411. The maximum atomic E-state index is 12.1. The summed E-state index contributed by atoms with van der Waals surface area (Å²) >= 11 is 1.25. The predicted octanol–water partition coefficient (Wildman–Crippen LogP) is 2.94. The number of amidine groups is 1. The number of benzene rings is 2. The Morgan fingerprint density at radius 2 is 1.84 bits per heavy atom. The SMILES string of the molecule is Cc1ccc(NC(=O)CC2S/C(=N\Nc3ccccc3)NC2=O)cc1. The molecular formula is C18H18N4O2S. The molecule has 0 saturated carbocycles. The lowest BCUT2D eigenvalue weighted by Crippen LogP contribution is -2.28. The third-order valence-corrected chi connectivity index (χ3v) is 4.62. The van der Waals surface area contributed by atoms with Crippen molar-refractivity contribution in [1.82, 2.24) is 5.32 Å². The quantitative estimate of drug-likeness (QED) is 0.721. The van der Waals surface area contributed by atoms with Crippen LogP contribution in [-0.2, 0) is 9.59 Å². The molecule has 0 radical (unpaired) electrons. The number of nitrogens with one attached hydrogen (secondary N) is 3. The first-order chi connectivity index (χ1) is 12.1. The number of carbonyl (C=O) groups is 2. The van der Waals surface area contributed by atoms with Gasteiger partial charge in [0, 0.05) is 12.1 Å². The molecule has 1 fully saturated rings. The summed E-state index contributed by atoms with van der Waals surface area (Å²) in [6.07, 6.45) is 0.0920. The van der Waals surface area contributed by atoms with Gasteiger partial charge in [-0.05, 0) is 31.2 Å². The zero-order chi connectivity index (χ0) is 17.6. The molecule has 0 bridgehead atoms. The van der Waals surface area contributed by atoms with Gasteiger partial charge in [-0.15, -0.1) is 5.10 Å². The van der Waals surface area contributed by atoms with E-state index in [-0.39, 0.29) is 18.2 Å². The molecule has 2 aromatic rings. The van der Waals surface area contributed by atoms with E-state index in [0.717, 1.165) is 16.9 Å². The first-order valence-electron chi connectivity index (χ1n) is 7.83. The van der Waals surface area contributed by atoms with Crippen LogP contribution in [0.1, 0.15) is 12.0 Å². The third kappa shape index (κ3) is 4.84. The summed E-state index contributed by atoms with van der Waals surface area (Å²) in [7, 11) is 0. The molecule has 1 atom stereocenters. The van der Waals surface area contributed by atoms with Crippen molar-refractivity contribution >= 4 is 40.1 Å². The second kappa shape index (κ2) is 7.85. The highest BCUT2D eigenvalue weighted by Crippen LogP contribution is 2.23. The van der Waals surface area contributed by atoms with E-state index in [4.69, 9.17) is 0 Å². The lowest BCUT2D eigenvalue weighted by Gasteiger charge is -2.07. The number of hydrogen-bond acceptors (Lipinski definition) is 5. The molecule has 3 rings (SSSR count). The number of carbonyl (C=O) groups excluding carboxylic acids is 2. The molecule has 0 aliphatic carbocycles. The third-order valence-electron chi connectivity index (χ3n) is 3.54. The largest absolute Gasteiger partial charge is 0.326 e. The summed E-state index contributed by atoms with van der Waals surface area (Å²) in [6, 6.07) is 17.0. The van der Waals surface area contributed by atoms with Crippen molar-refractivity contribution in [1.29, 1.82) is 0 Å². The van der Waals surface area contributed by atoms with E-state index in [2.05, 4.69) is 21.2 Å². The van der Waals surface area contributed by atoms with E-state index < -0.39 is 5.25 Å². The Balaban J connectivity index is 1.53. The van der Waals surface area contributed by atoms with E-state index >= 15 is 0 Å². The molecule has 25 heavy (non-hydrogen) atoms. The fourth-order valence-corrected chi connectivity index (χ4v) is 3.17. The molecule has 0 spiro atoms. The molecule has 0 aromatic heterocycles. The van der Waals surface area contributed by atoms with Crippen molar-refractivity contribution in [3.05, 3.63) is 60.2 Å². The van der Waals surface area contributed by atoms with Crippen LogP contribution in [0.15, 0.2) is 59.7 Å². The molecule has 3 N–H and O–H groups in total. The van der Waals surface area contributed by atoms with Gasteiger partial charge in [-0.3, -0.25) is 15.0 Å². The number of aryl methyl sites for hydroxylation is 1. The molecule has 1 heterocycles. The van der Waals surface area contributed by atoms with Crippen LogP contribution >= 0.6 is 11.8 Å². The van der Waals surface area contributed by atoms with Crippen LogP contribution in [0.25, 0.3) is 0 Å². The summed E-state index contributed by atoms with van der Waals surface area (Å²) in [5.41, 5.74) is 5.54. The Labute approximate surface area is 150 Å². The maximum absolute atomic E-state index is 12.1. The predicted molar refractivity (Wildman–Crippen MR) is 101 cm³/mol. The standard InChI is InChI=1S/C18H18N4O2S/c1-12-7-9-13(10-8-12)19-16(23)11-15-17(24)20-18(25-15)22-21-14-5-3-2-4-6-14/h2-10,15,21H,11H2,1H3,(H,19,23)(H,20,22,24). The molecule has 2 aromatic carbocycles. The molecule has 1 aliphatic rings. The number of thioether (sulfide) groups is 1. The monoisotopic (exact) mass is 354 g/mol. The molecule has 1 saturated heterocycles. The number of para-hydroxylation sites is 1. The van der Waals surface area contributed by atoms with Crippen LogP contribution in [-0.4, -0.2) is 22.2 Å². The number of nitrogens with zero attached hydrogens (tertiary/aromatic N) is 1. The van der Waals surface area contributed by atoms with Crippen molar-refractivity contribution in [2.24, 2.45) is 5.10 Å². The fourth-order valence-electron chi connectivity index (χ4n) is 2.24. The van der Waals surface area contributed by atoms with Crippen LogP contribution in [0.5, 0.6) is 0 Å². The van der Waals surface area contributed by atoms with Crippen molar-refractivity contribution in [3.63, 3.8) is 0 Å². The van der Waals surface area contributed by atoms with Gasteiger partial charge in [0.25, 0.3) is 0 Å². The van der Waals surface area contributed by atoms with Gasteiger partial charge in [-0.2, -0.15) is 0 Å². The van der Waals surface area contributed by atoms with Crippen LogP contribution in [0.2, 0.25) is 0 Å².